The molecule has 1 aromatic heterocycles. The third kappa shape index (κ3) is 3.96. The maximum absolute atomic E-state index is 12.3. The summed E-state index contributed by atoms with van der Waals surface area (Å²) < 4.78 is 27.3. The van der Waals surface area contributed by atoms with Gasteiger partial charge in [-0.3, -0.25) is 9.52 Å². The Hall–Kier alpha value is -1.57. The Morgan fingerprint density at radius 3 is 2.48 bits per heavy atom. The second-order valence-electron chi connectivity index (χ2n) is 4.34. The molecule has 0 aliphatic rings. The molecule has 1 heterocycles. The summed E-state index contributed by atoms with van der Waals surface area (Å²) in [4.78, 5) is 12.1. The highest BCUT2D eigenvalue weighted by Crippen LogP contribution is 2.30. The summed E-state index contributed by atoms with van der Waals surface area (Å²) in [5, 5.41) is 2.92. The zero-order chi connectivity index (χ0) is 15.6. The molecule has 8 heteroatoms. The van der Waals surface area contributed by atoms with Gasteiger partial charge in [-0.1, -0.05) is 11.6 Å². The molecule has 21 heavy (non-hydrogen) atoms. The van der Waals surface area contributed by atoms with E-state index in [1.807, 2.05) is 6.92 Å². The lowest BCUT2D eigenvalue weighted by Gasteiger charge is -2.12. The Morgan fingerprint density at radius 2 is 1.90 bits per heavy atom. The molecule has 112 valence electrons. The van der Waals surface area contributed by atoms with E-state index >= 15 is 0 Å². The summed E-state index contributed by atoms with van der Waals surface area (Å²) in [6.07, 6.45) is 0. The van der Waals surface area contributed by atoms with E-state index in [2.05, 4.69) is 10.0 Å². The van der Waals surface area contributed by atoms with Gasteiger partial charge in [-0.2, -0.15) is 0 Å². The first-order chi connectivity index (χ1) is 9.78. The van der Waals surface area contributed by atoms with Gasteiger partial charge < -0.3 is 5.32 Å². The number of anilines is 2. The van der Waals surface area contributed by atoms with Crippen LogP contribution in [0.25, 0.3) is 0 Å². The highest BCUT2D eigenvalue weighted by molar-refractivity contribution is 7.94. The SMILES string of the molecule is CC(=O)Nc1ccc(Cl)cc1NS(=O)(=O)c1ccc(C)s1. The molecule has 0 saturated carbocycles. The van der Waals surface area contributed by atoms with E-state index in [-0.39, 0.29) is 15.8 Å². The maximum Gasteiger partial charge on any atom is 0.271 e. The molecule has 0 bridgehead atoms. The largest absolute Gasteiger partial charge is 0.325 e. The number of carbonyl (C=O) groups excluding carboxylic acids is 1. The van der Waals surface area contributed by atoms with Gasteiger partial charge in [0.05, 0.1) is 11.4 Å². The molecule has 2 N–H and O–H groups in total. The molecule has 0 radical (unpaired) electrons. The van der Waals surface area contributed by atoms with Gasteiger partial charge in [-0.25, -0.2) is 8.42 Å². The highest BCUT2D eigenvalue weighted by atomic mass is 35.5. The Bertz CT molecular complexity index is 784. The van der Waals surface area contributed by atoms with Crippen LogP contribution in [0.15, 0.2) is 34.5 Å². The van der Waals surface area contributed by atoms with E-state index in [0.717, 1.165) is 4.88 Å². The van der Waals surface area contributed by atoms with Gasteiger partial charge in [-0.05, 0) is 37.3 Å². The number of rotatable bonds is 4. The summed E-state index contributed by atoms with van der Waals surface area (Å²) in [7, 11) is -3.71. The Kier molecular flexibility index (Phi) is 4.55. The predicted octanol–water partition coefficient (Wildman–Crippen LogP) is 3.47. The third-order valence-electron chi connectivity index (χ3n) is 2.52. The predicted molar refractivity (Wildman–Crippen MR) is 85.6 cm³/mol. The van der Waals surface area contributed by atoms with Gasteiger partial charge in [0, 0.05) is 16.8 Å². The fourth-order valence-electron chi connectivity index (χ4n) is 1.65. The average Bonchev–Trinajstić information content (AvgIpc) is 2.79. The molecule has 0 aliphatic heterocycles. The molecule has 0 saturated heterocycles. The molecule has 0 atom stereocenters. The van der Waals surface area contributed by atoms with Crippen LogP contribution in [0.2, 0.25) is 5.02 Å². The van der Waals surface area contributed by atoms with E-state index in [9.17, 15) is 13.2 Å². The maximum atomic E-state index is 12.3. The van der Waals surface area contributed by atoms with Crippen LogP contribution in [-0.2, 0) is 14.8 Å². The number of amides is 1. The van der Waals surface area contributed by atoms with E-state index in [0.29, 0.717) is 10.7 Å². The number of sulfonamides is 1. The minimum absolute atomic E-state index is 0.203. The van der Waals surface area contributed by atoms with E-state index in [1.54, 1.807) is 18.2 Å². The standard InChI is InChI=1S/C13H13ClN2O3S2/c1-8-3-6-13(20-8)21(18,19)16-12-7-10(14)4-5-11(12)15-9(2)17/h3-7,16H,1-2H3,(H,15,17). The summed E-state index contributed by atoms with van der Waals surface area (Å²) in [5.41, 5.74) is 0.576. The number of benzene rings is 1. The fourth-order valence-corrected chi connectivity index (χ4v) is 4.18. The van der Waals surface area contributed by atoms with Crippen LogP contribution in [0.1, 0.15) is 11.8 Å². The number of hydrogen-bond acceptors (Lipinski definition) is 4. The summed E-state index contributed by atoms with van der Waals surface area (Å²) in [5.74, 6) is -0.301. The van der Waals surface area contributed by atoms with Gasteiger partial charge in [0.1, 0.15) is 4.21 Å². The van der Waals surface area contributed by atoms with Crippen molar-refractivity contribution in [2.45, 2.75) is 18.1 Å². The minimum atomic E-state index is -3.71. The van der Waals surface area contributed by atoms with E-state index < -0.39 is 10.0 Å². The van der Waals surface area contributed by atoms with Crippen LogP contribution in [0.5, 0.6) is 0 Å². The molecule has 0 aliphatic carbocycles. The Morgan fingerprint density at radius 1 is 1.19 bits per heavy atom. The second kappa shape index (κ2) is 6.05. The molecule has 0 unspecified atom stereocenters. The first-order valence-electron chi connectivity index (χ1n) is 5.94. The number of carbonyl (C=O) groups is 1. The lowest BCUT2D eigenvalue weighted by atomic mass is 10.2. The highest BCUT2D eigenvalue weighted by Gasteiger charge is 2.18. The normalized spacial score (nSPS) is 11.2. The molecule has 0 fully saturated rings. The molecular weight excluding hydrogens is 332 g/mol. The Balaban J connectivity index is 2.38. The van der Waals surface area contributed by atoms with Gasteiger partial charge in [0.2, 0.25) is 5.91 Å². The van der Waals surface area contributed by atoms with E-state index in [1.165, 1.54) is 30.4 Å². The Labute approximate surface area is 132 Å². The molecule has 0 spiro atoms. The zero-order valence-corrected chi connectivity index (χ0v) is 13.7. The lowest BCUT2D eigenvalue weighted by Crippen LogP contribution is -2.14. The molecule has 1 amide bonds. The van der Waals surface area contributed by atoms with Crippen molar-refractivity contribution in [3.63, 3.8) is 0 Å². The number of halogens is 1. The van der Waals surface area contributed by atoms with Gasteiger partial charge in [0.15, 0.2) is 0 Å². The van der Waals surface area contributed by atoms with Crippen molar-refractivity contribution in [2.75, 3.05) is 10.0 Å². The van der Waals surface area contributed by atoms with Crippen molar-refractivity contribution in [3.05, 3.63) is 40.2 Å². The van der Waals surface area contributed by atoms with Crippen molar-refractivity contribution in [1.29, 1.82) is 0 Å². The fraction of sp³-hybridized carbons (Fsp3) is 0.154. The third-order valence-corrected chi connectivity index (χ3v) is 5.61. The quantitative estimate of drug-likeness (QED) is 0.891. The topological polar surface area (TPSA) is 75.3 Å². The van der Waals surface area contributed by atoms with Crippen LogP contribution in [0.3, 0.4) is 0 Å². The van der Waals surface area contributed by atoms with Crippen molar-refractivity contribution in [1.82, 2.24) is 0 Å². The minimum Gasteiger partial charge on any atom is -0.325 e. The monoisotopic (exact) mass is 344 g/mol. The van der Waals surface area contributed by atoms with Crippen molar-refractivity contribution in [2.24, 2.45) is 0 Å². The first-order valence-corrected chi connectivity index (χ1v) is 8.62. The second-order valence-corrected chi connectivity index (χ2v) is 7.98. The van der Waals surface area contributed by atoms with Crippen LogP contribution >= 0.6 is 22.9 Å². The van der Waals surface area contributed by atoms with Gasteiger partial charge in [0.25, 0.3) is 10.0 Å². The molecular formula is C13H13ClN2O3S2. The molecule has 5 nitrogen and oxygen atoms in total. The molecule has 2 aromatic rings. The molecule has 1 aromatic carbocycles. The number of thiophene rings is 1. The summed E-state index contributed by atoms with van der Waals surface area (Å²) >= 11 is 7.05. The van der Waals surface area contributed by atoms with Crippen LogP contribution in [0, 0.1) is 6.92 Å². The number of hydrogen-bond donors (Lipinski definition) is 2. The lowest BCUT2D eigenvalue weighted by molar-refractivity contribution is -0.114. The zero-order valence-electron chi connectivity index (χ0n) is 11.3. The van der Waals surface area contributed by atoms with Crippen molar-refractivity contribution < 1.29 is 13.2 Å². The summed E-state index contributed by atoms with van der Waals surface area (Å²) in [6.45, 7) is 3.17. The van der Waals surface area contributed by atoms with Crippen LogP contribution in [0.4, 0.5) is 11.4 Å². The summed E-state index contributed by atoms with van der Waals surface area (Å²) in [6, 6.07) is 7.82. The van der Waals surface area contributed by atoms with Crippen molar-refractivity contribution in [3.8, 4) is 0 Å². The molecule has 2 rings (SSSR count). The van der Waals surface area contributed by atoms with Gasteiger partial charge >= 0.3 is 0 Å². The number of nitrogens with one attached hydrogen (secondary N) is 2. The van der Waals surface area contributed by atoms with Crippen LogP contribution in [-0.4, -0.2) is 14.3 Å². The van der Waals surface area contributed by atoms with Crippen molar-refractivity contribution >= 4 is 50.2 Å². The van der Waals surface area contributed by atoms with Gasteiger partial charge in [-0.15, -0.1) is 11.3 Å². The first kappa shape index (κ1) is 15.8. The van der Waals surface area contributed by atoms with Crippen LogP contribution < -0.4 is 10.0 Å². The number of aryl methyl sites for hydroxylation is 1. The van der Waals surface area contributed by atoms with E-state index in [4.69, 9.17) is 11.6 Å². The smallest absolute Gasteiger partial charge is 0.271 e. The average molecular weight is 345 g/mol.